The zero-order valence-corrected chi connectivity index (χ0v) is 8.89. The van der Waals surface area contributed by atoms with E-state index in [1.54, 1.807) is 0 Å². The summed E-state index contributed by atoms with van der Waals surface area (Å²) < 4.78 is 10.6. The van der Waals surface area contributed by atoms with Gasteiger partial charge in [0.2, 0.25) is 0 Å². The summed E-state index contributed by atoms with van der Waals surface area (Å²) in [6.07, 6.45) is 3.43. The molecule has 0 saturated carbocycles. The van der Waals surface area contributed by atoms with Gasteiger partial charge >= 0.3 is 23.1 Å². The molecule has 1 saturated heterocycles. The maximum atomic E-state index is 5.44. The fraction of sp³-hybridized carbons (Fsp3) is 1.00. The molecule has 1 aliphatic heterocycles. The Labute approximate surface area is 91.7 Å². The molecule has 1 atom stereocenters. The van der Waals surface area contributed by atoms with E-state index in [0.29, 0.717) is 12.5 Å². The van der Waals surface area contributed by atoms with Crippen molar-refractivity contribution in [2.75, 3.05) is 19.1 Å². The molecule has 4 heteroatoms. The summed E-state index contributed by atoms with van der Waals surface area (Å²) in [5, 5.41) is 0. The molecule has 1 rings (SSSR count). The average Bonchev–Trinajstić information content (AvgIpc) is 2.03. The Morgan fingerprint density at radius 2 is 2.36 bits per heavy atom. The van der Waals surface area contributed by atoms with E-state index >= 15 is 0 Å². The zero-order valence-electron chi connectivity index (χ0n) is 8.72. The van der Waals surface area contributed by atoms with Gasteiger partial charge in [-0.1, -0.05) is 0 Å². The molecule has 0 spiro atoms. The minimum atomic E-state index is 0. The third-order valence-corrected chi connectivity index (χ3v) is 1.67. The first kappa shape index (κ1) is 12.0. The fourth-order valence-corrected chi connectivity index (χ4v) is 1.11. The second kappa shape index (κ2) is 7.62. The van der Waals surface area contributed by atoms with Crippen LogP contribution in [0.25, 0.3) is 0 Å². The number of hydrogen-bond donors (Lipinski definition) is 0. The predicted molar refractivity (Wildman–Crippen MR) is 48.2 cm³/mol. The predicted octanol–water partition coefficient (Wildman–Crippen LogP) is 1.61. The minimum absolute atomic E-state index is 0. The van der Waals surface area contributed by atoms with Crippen LogP contribution in [0.15, 0.2) is 0 Å². The number of halogens is 1. The van der Waals surface area contributed by atoms with Gasteiger partial charge in [-0.05, 0) is 19.3 Å². The van der Waals surface area contributed by atoms with Crippen molar-refractivity contribution in [1.29, 1.82) is 0 Å². The van der Waals surface area contributed by atoms with Crippen LogP contribution in [-0.2, 0) is 9.47 Å². The molecule has 0 aromatic rings. The molecule has 11 heavy (non-hydrogen) atoms. The Kier molecular flexibility index (Phi) is 8.29. The number of rotatable bonds is 3. The molecule has 0 N–H and O–H groups in total. The molecule has 64 valence electrons. The average molecular weight is 191 g/mol. The van der Waals surface area contributed by atoms with Gasteiger partial charge in [0.15, 0.2) is 6.29 Å². The number of alkyl halides is 1. The van der Waals surface area contributed by atoms with Crippen molar-refractivity contribution >= 4 is 34.7 Å². The zero-order chi connectivity index (χ0) is 7.23. The maximum absolute atomic E-state index is 5.44. The van der Waals surface area contributed by atoms with Crippen molar-refractivity contribution in [3.8, 4) is 0 Å². The van der Waals surface area contributed by atoms with Crippen molar-refractivity contribution in [3.05, 3.63) is 0 Å². The van der Waals surface area contributed by atoms with Gasteiger partial charge in [0.25, 0.3) is 0 Å². The molecule has 0 aliphatic carbocycles. The Bertz CT molecular complexity index is 94.6. The molecule has 0 aromatic heterocycles. The normalized spacial score (nSPS) is 24.3. The molecule has 1 unspecified atom stereocenters. The van der Waals surface area contributed by atoms with Gasteiger partial charge in [0.1, 0.15) is 0 Å². The third kappa shape index (κ3) is 5.25. The van der Waals surface area contributed by atoms with Crippen LogP contribution in [0.5, 0.6) is 0 Å². The van der Waals surface area contributed by atoms with Gasteiger partial charge in [-0.15, -0.1) is 11.6 Å². The van der Waals surface area contributed by atoms with Crippen LogP contribution in [0.1, 0.15) is 22.1 Å². The summed E-state index contributed by atoms with van der Waals surface area (Å²) in [6.45, 7) is 1.44. The fourth-order valence-electron chi connectivity index (χ4n) is 1.02. The molecule has 2 nitrogen and oxygen atoms in total. The number of ether oxygens (including phenoxy) is 2. The largest absolute Gasteiger partial charge is 2.00 e. The van der Waals surface area contributed by atoms with Crippen molar-refractivity contribution in [1.82, 2.24) is 0 Å². The summed E-state index contributed by atoms with van der Waals surface area (Å²) in [5.41, 5.74) is 0. The SMILES string of the molecule is ClCCOC1CCCCO1.[H-].[H-].[Mg+2]. The molecule has 1 aliphatic rings. The summed E-state index contributed by atoms with van der Waals surface area (Å²) in [5.74, 6) is 0.555. The van der Waals surface area contributed by atoms with E-state index < -0.39 is 0 Å². The van der Waals surface area contributed by atoms with Gasteiger partial charge < -0.3 is 12.3 Å². The Morgan fingerprint density at radius 3 is 2.91 bits per heavy atom. The molecule has 0 radical (unpaired) electrons. The Morgan fingerprint density at radius 1 is 1.55 bits per heavy atom. The van der Waals surface area contributed by atoms with Gasteiger partial charge in [-0.2, -0.15) is 0 Å². The van der Waals surface area contributed by atoms with E-state index in [0.717, 1.165) is 13.0 Å². The van der Waals surface area contributed by atoms with E-state index in [9.17, 15) is 0 Å². The second-order valence-corrected chi connectivity index (χ2v) is 2.73. The smallest absolute Gasteiger partial charge is 1.00 e. The van der Waals surface area contributed by atoms with E-state index in [4.69, 9.17) is 21.1 Å². The van der Waals surface area contributed by atoms with E-state index in [2.05, 4.69) is 0 Å². The second-order valence-electron chi connectivity index (χ2n) is 2.36. The van der Waals surface area contributed by atoms with Crippen molar-refractivity contribution < 1.29 is 12.3 Å². The van der Waals surface area contributed by atoms with Crippen LogP contribution in [0.2, 0.25) is 0 Å². The van der Waals surface area contributed by atoms with Crippen molar-refractivity contribution in [2.24, 2.45) is 0 Å². The minimum Gasteiger partial charge on any atom is -1.00 e. The third-order valence-electron chi connectivity index (χ3n) is 1.52. The van der Waals surface area contributed by atoms with E-state index in [1.165, 1.54) is 12.8 Å². The molecule has 1 fully saturated rings. The van der Waals surface area contributed by atoms with Gasteiger partial charge in [0, 0.05) is 12.5 Å². The monoisotopic (exact) mass is 190 g/mol. The Hall–Kier alpha value is 0.976. The van der Waals surface area contributed by atoms with E-state index in [-0.39, 0.29) is 32.2 Å². The molecule has 0 aromatic carbocycles. The summed E-state index contributed by atoms with van der Waals surface area (Å²) in [4.78, 5) is 0. The molecule has 1 heterocycles. The quantitative estimate of drug-likeness (QED) is 0.498. The van der Waals surface area contributed by atoms with Crippen LogP contribution < -0.4 is 0 Å². The Balaban J connectivity index is -0.000000333. The van der Waals surface area contributed by atoms with Gasteiger partial charge in [-0.3, -0.25) is 0 Å². The van der Waals surface area contributed by atoms with Crippen LogP contribution in [0, 0.1) is 0 Å². The van der Waals surface area contributed by atoms with Crippen LogP contribution in [-0.4, -0.2) is 48.4 Å². The standard InChI is InChI=1S/C7H13ClO2.Mg.2H/c8-4-6-10-7-3-1-2-5-9-7;;;/h7H,1-6H2;;;/q;+2;2*-1. The first-order chi connectivity index (χ1) is 4.93. The summed E-state index contributed by atoms with van der Waals surface area (Å²) in [6, 6.07) is 0. The first-order valence-electron chi connectivity index (χ1n) is 3.72. The molecular formula is C7H15ClMgO2. The topological polar surface area (TPSA) is 18.5 Å². The van der Waals surface area contributed by atoms with Crippen molar-refractivity contribution in [2.45, 2.75) is 25.6 Å². The van der Waals surface area contributed by atoms with Gasteiger partial charge in [0.05, 0.1) is 6.61 Å². The number of hydrogen-bond acceptors (Lipinski definition) is 2. The van der Waals surface area contributed by atoms with E-state index in [1.807, 2.05) is 0 Å². The molecule has 0 bridgehead atoms. The first-order valence-corrected chi connectivity index (χ1v) is 4.26. The van der Waals surface area contributed by atoms with Crippen LogP contribution in [0.3, 0.4) is 0 Å². The summed E-state index contributed by atoms with van der Waals surface area (Å²) in [7, 11) is 0. The molecule has 0 amide bonds. The molecular weight excluding hydrogens is 176 g/mol. The van der Waals surface area contributed by atoms with Gasteiger partial charge in [-0.25, -0.2) is 0 Å². The van der Waals surface area contributed by atoms with Crippen LogP contribution in [0.4, 0.5) is 0 Å². The summed E-state index contributed by atoms with van der Waals surface area (Å²) >= 11 is 5.44. The van der Waals surface area contributed by atoms with Crippen LogP contribution >= 0.6 is 11.6 Å². The van der Waals surface area contributed by atoms with Crippen molar-refractivity contribution in [3.63, 3.8) is 0 Å². The maximum Gasteiger partial charge on any atom is 2.00 e.